The fourth-order valence-corrected chi connectivity index (χ4v) is 2.91. The maximum absolute atomic E-state index is 13.1. The molecule has 0 bridgehead atoms. The van der Waals surface area contributed by atoms with E-state index in [1.165, 1.54) is 23.5 Å². The first kappa shape index (κ1) is 15.0. The number of hydrogen-bond acceptors (Lipinski definition) is 1. The predicted octanol–water partition coefficient (Wildman–Crippen LogP) is 6.72. The van der Waals surface area contributed by atoms with E-state index in [0.29, 0.717) is 11.6 Å². The summed E-state index contributed by atoms with van der Waals surface area (Å²) in [5, 5.41) is 3.48. The first-order chi connectivity index (χ1) is 8.95. The van der Waals surface area contributed by atoms with Gasteiger partial charge in [0.25, 0.3) is 0 Å². The molecule has 0 saturated heterocycles. The summed E-state index contributed by atoms with van der Waals surface area (Å²) >= 11 is 1.38. The SMILES string of the molecule is Fc1ccc(C=Cc2ccsc2)cc1S(F)(F)(F)(F)F. The third kappa shape index (κ3) is 3.57. The van der Waals surface area contributed by atoms with Gasteiger partial charge in [-0.1, -0.05) is 37.6 Å². The van der Waals surface area contributed by atoms with Gasteiger partial charge in [-0.15, -0.1) is 0 Å². The first-order valence-corrected chi connectivity index (χ1v) is 8.09. The average Bonchev–Trinajstić information content (AvgIpc) is 2.77. The lowest BCUT2D eigenvalue weighted by Gasteiger charge is -2.40. The standard InChI is InChI=1S/C12H8F6S2/c13-11-4-3-9(1-2-10-5-6-19-8-10)7-12(11)20(14,15,16,17)18/h1-8H. The fraction of sp³-hybridized carbons (Fsp3) is 0. The van der Waals surface area contributed by atoms with Gasteiger partial charge < -0.3 is 0 Å². The van der Waals surface area contributed by atoms with Crippen molar-refractivity contribution in [2.45, 2.75) is 4.90 Å². The minimum Gasteiger partial charge on any atom is -0.205 e. The topological polar surface area (TPSA) is 0 Å². The summed E-state index contributed by atoms with van der Waals surface area (Å²) in [6, 6.07) is 3.22. The summed E-state index contributed by atoms with van der Waals surface area (Å²) in [4.78, 5) is -2.49. The van der Waals surface area contributed by atoms with Gasteiger partial charge >= 0.3 is 10.2 Å². The molecule has 0 unspecified atom stereocenters. The Labute approximate surface area is 115 Å². The van der Waals surface area contributed by atoms with E-state index in [9.17, 15) is 23.8 Å². The van der Waals surface area contributed by atoms with Gasteiger partial charge in [-0.3, -0.25) is 0 Å². The molecular weight excluding hydrogens is 322 g/mol. The molecule has 8 heteroatoms. The van der Waals surface area contributed by atoms with E-state index in [0.717, 1.165) is 6.07 Å². The quantitative estimate of drug-likeness (QED) is 0.548. The van der Waals surface area contributed by atoms with Crippen LogP contribution in [0.25, 0.3) is 12.2 Å². The molecular formula is C12H8F6S2. The van der Waals surface area contributed by atoms with E-state index in [1.807, 2.05) is 0 Å². The lowest BCUT2D eigenvalue weighted by atomic mass is 10.2. The van der Waals surface area contributed by atoms with Crippen molar-refractivity contribution in [3.05, 3.63) is 52.0 Å². The van der Waals surface area contributed by atoms with Crippen LogP contribution in [-0.4, -0.2) is 0 Å². The van der Waals surface area contributed by atoms with E-state index < -0.39 is 20.9 Å². The van der Waals surface area contributed by atoms with Gasteiger partial charge in [0.1, 0.15) is 10.7 Å². The number of rotatable bonds is 3. The summed E-state index contributed by atoms with van der Waals surface area (Å²) in [5.74, 6) is -1.98. The largest absolute Gasteiger partial charge is 0.313 e. The Morgan fingerprint density at radius 3 is 2.10 bits per heavy atom. The molecule has 20 heavy (non-hydrogen) atoms. The molecule has 0 aliphatic rings. The van der Waals surface area contributed by atoms with Gasteiger partial charge in [-0.2, -0.15) is 11.3 Å². The average molecular weight is 330 g/mol. The number of benzene rings is 1. The molecule has 0 saturated carbocycles. The van der Waals surface area contributed by atoms with Crippen LogP contribution < -0.4 is 0 Å². The van der Waals surface area contributed by atoms with Gasteiger partial charge in [-0.25, -0.2) is 4.39 Å². The summed E-state index contributed by atoms with van der Waals surface area (Å²) < 4.78 is 76.3. The van der Waals surface area contributed by atoms with Gasteiger partial charge in [-0.05, 0) is 40.1 Å². The summed E-state index contributed by atoms with van der Waals surface area (Å²) in [6.07, 6.45) is 2.67. The molecule has 2 aromatic rings. The van der Waals surface area contributed by atoms with Crippen molar-refractivity contribution in [2.24, 2.45) is 0 Å². The Morgan fingerprint density at radius 1 is 0.900 bits per heavy atom. The Hall–Kier alpha value is -1.41. The normalized spacial score (nSPS) is 16.1. The van der Waals surface area contributed by atoms with Gasteiger partial charge in [0, 0.05) is 0 Å². The van der Waals surface area contributed by atoms with Crippen molar-refractivity contribution in [1.29, 1.82) is 0 Å². The minimum absolute atomic E-state index is 0.125. The molecule has 1 aromatic carbocycles. The van der Waals surface area contributed by atoms with Crippen LogP contribution in [0.15, 0.2) is 39.9 Å². The monoisotopic (exact) mass is 330 g/mol. The highest BCUT2D eigenvalue weighted by Gasteiger charge is 2.67. The van der Waals surface area contributed by atoms with Crippen molar-refractivity contribution in [3.63, 3.8) is 0 Å². The van der Waals surface area contributed by atoms with E-state index in [2.05, 4.69) is 0 Å². The Morgan fingerprint density at radius 2 is 1.55 bits per heavy atom. The molecule has 0 nitrogen and oxygen atoms in total. The number of thiophene rings is 1. The lowest BCUT2D eigenvalue weighted by molar-refractivity contribution is 0.355. The van der Waals surface area contributed by atoms with Crippen molar-refractivity contribution in [3.8, 4) is 0 Å². The molecule has 0 spiro atoms. The summed E-state index contributed by atoms with van der Waals surface area (Å²) in [7, 11) is -10.0. The fourth-order valence-electron chi connectivity index (χ4n) is 1.48. The van der Waals surface area contributed by atoms with E-state index in [4.69, 9.17) is 0 Å². The molecule has 110 valence electrons. The Kier molecular flexibility index (Phi) is 3.03. The van der Waals surface area contributed by atoms with E-state index in [1.54, 1.807) is 16.8 Å². The van der Waals surface area contributed by atoms with Gasteiger partial charge in [0.05, 0.1) is 0 Å². The van der Waals surface area contributed by atoms with Gasteiger partial charge in [0.2, 0.25) is 0 Å². The molecule has 1 aromatic heterocycles. The highest BCUT2D eigenvalue weighted by molar-refractivity contribution is 8.45. The molecule has 0 fully saturated rings. The van der Waals surface area contributed by atoms with Gasteiger partial charge in [0.15, 0.2) is 0 Å². The summed E-state index contributed by atoms with van der Waals surface area (Å²) in [6.45, 7) is 0. The zero-order chi connectivity index (χ0) is 15.1. The van der Waals surface area contributed by atoms with Crippen LogP contribution in [-0.2, 0) is 0 Å². The second-order valence-corrected chi connectivity index (χ2v) is 7.21. The zero-order valence-corrected chi connectivity index (χ0v) is 11.3. The van der Waals surface area contributed by atoms with Crippen molar-refractivity contribution >= 4 is 33.7 Å². The molecule has 0 N–H and O–H groups in total. The molecule has 0 aliphatic heterocycles. The molecule has 2 rings (SSSR count). The van der Waals surface area contributed by atoms with Crippen LogP contribution in [0.5, 0.6) is 0 Å². The third-order valence-electron chi connectivity index (χ3n) is 2.38. The zero-order valence-electron chi connectivity index (χ0n) is 9.70. The third-order valence-corrected chi connectivity index (χ3v) is 4.23. The number of halogens is 6. The first-order valence-electron chi connectivity index (χ1n) is 5.20. The van der Waals surface area contributed by atoms with E-state index in [-0.39, 0.29) is 11.6 Å². The van der Waals surface area contributed by atoms with Crippen LogP contribution in [0.3, 0.4) is 0 Å². The summed E-state index contributed by atoms with van der Waals surface area (Å²) in [5.41, 5.74) is 0.564. The Bertz CT molecular complexity index is 655. The van der Waals surface area contributed by atoms with Crippen molar-refractivity contribution < 1.29 is 23.8 Å². The van der Waals surface area contributed by atoms with Crippen molar-refractivity contribution in [2.75, 3.05) is 0 Å². The van der Waals surface area contributed by atoms with Crippen LogP contribution in [0.4, 0.5) is 23.8 Å². The Balaban J connectivity index is 2.46. The molecule has 0 amide bonds. The predicted molar refractivity (Wildman–Crippen MR) is 71.0 cm³/mol. The maximum Gasteiger partial charge on any atom is 0.313 e. The van der Waals surface area contributed by atoms with Crippen molar-refractivity contribution in [1.82, 2.24) is 0 Å². The smallest absolute Gasteiger partial charge is 0.205 e. The second kappa shape index (κ2) is 4.05. The molecule has 0 atom stereocenters. The minimum atomic E-state index is -10.0. The van der Waals surface area contributed by atoms with Crippen LogP contribution in [0, 0.1) is 5.82 Å². The molecule has 0 aliphatic carbocycles. The van der Waals surface area contributed by atoms with Crippen LogP contribution in [0.2, 0.25) is 0 Å². The highest BCUT2D eigenvalue weighted by Crippen LogP contribution is 3.02. The highest BCUT2D eigenvalue weighted by atomic mass is 32.5. The molecule has 1 heterocycles. The maximum atomic E-state index is 13.1. The lowest BCUT2D eigenvalue weighted by Crippen LogP contribution is -2.08. The second-order valence-electron chi connectivity index (χ2n) is 4.05. The molecule has 0 radical (unpaired) electrons. The van der Waals surface area contributed by atoms with Crippen LogP contribution >= 0.6 is 21.6 Å². The van der Waals surface area contributed by atoms with Crippen LogP contribution in [0.1, 0.15) is 11.1 Å². The van der Waals surface area contributed by atoms with E-state index >= 15 is 0 Å². The number of hydrogen-bond donors (Lipinski definition) is 0.